The molecule has 2 rings (SSSR count). The third-order valence-electron chi connectivity index (χ3n) is 2.66. The summed E-state index contributed by atoms with van der Waals surface area (Å²) in [6.07, 6.45) is 0.928. The fraction of sp³-hybridized carbons (Fsp3) is 0.455. The summed E-state index contributed by atoms with van der Waals surface area (Å²) in [4.78, 5) is 0. The van der Waals surface area contributed by atoms with E-state index in [4.69, 9.17) is 10.5 Å². The van der Waals surface area contributed by atoms with Crippen LogP contribution in [0.4, 0.5) is 0 Å². The van der Waals surface area contributed by atoms with Crippen LogP contribution >= 0.6 is 12.4 Å². The van der Waals surface area contributed by atoms with Crippen LogP contribution in [0.15, 0.2) is 12.1 Å². The number of hydrogen-bond acceptors (Lipinski definition) is 2. The first kappa shape index (κ1) is 11.3. The molecule has 0 fully saturated rings. The smallest absolute Gasteiger partial charge is 0.127 e. The number of halogens is 1. The second kappa shape index (κ2) is 4.20. The van der Waals surface area contributed by atoms with Crippen molar-refractivity contribution in [3.8, 4) is 5.75 Å². The summed E-state index contributed by atoms with van der Waals surface area (Å²) >= 11 is 0. The van der Waals surface area contributed by atoms with Crippen LogP contribution in [0.25, 0.3) is 0 Å². The maximum absolute atomic E-state index is 6.04. The highest BCUT2D eigenvalue weighted by molar-refractivity contribution is 5.85. The van der Waals surface area contributed by atoms with Crippen molar-refractivity contribution < 1.29 is 4.74 Å². The third-order valence-corrected chi connectivity index (χ3v) is 2.66. The Labute approximate surface area is 90.9 Å². The molecule has 78 valence electrons. The topological polar surface area (TPSA) is 35.2 Å². The Hall–Kier alpha value is -0.730. The SMILES string of the molecule is Cc1ccc(C)c2c1OCCC2N.Cl. The first-order valence-corrected chi connectivity index (χ1v) is 4.68. The van der Waals surface area contributed by atoms with Crippen LogP contribution in [0.2, 0.25) is 0 Å². The van der Waals surface area contributed by atoms with Gasteiger partial charge >= 0.3 is 0 Å². The maximum Gasteiger partial charge on any atom is 0.127 e. The normalized spacial score (nSPS) is 19.2. The minimum Gasteiger partial charge on any atom is -0.493 e. The van der Waals surface area contributed by atoms with Gasteiger partial charge in [-0.2, -0.15) is 0 Å². The van der Waals surface area contributed by atoms with Gasteiger partial charge in [0, 0.05) is 18.0 Å². The quantitative estimate of drug-likeness (QED) is 0.719. The van der Waals surface area contributed by atoms with Crippen molar-refractivity contribution in [1.82, 2.24) is 0 Å². The molecule has 1 aliphatic rings. The van der Waals surface area contributed by atoms with Crippen LogP contribution < -0.4 is 10.5 Å². The van der Waals surface area contributed by atoms with Gasteiger partial charge in [0.2, 0.25) is 0 Å². The monoisotopic (exact) mass is 213 g/mol. The lowest BCUT2D eigenvalue weighted by atomic mass is 9.94. The van der Waals surface area contributed by atoms with Crippen LogP contribution in [0.5, 0.6) is 5.75 Å². The molecule has 0 aromatic heterocycles. The van der Waals surface area contributed by atoms with E-state index >= 15 is 0 Å². The second-order valence-corrected chi connectivity index (χ2v) is 3.69. The van der Waals surface area contributed by atoms with E-state index in [-0.39, 0.29) is 18.4 Å². The highest BCUT2D eigenvalue weighted by Gasteiger charge is 2.21. The van der Waals surface area contributed by atoms with Gasteiger partial charge in [-0.1, -0.05) is 12.1 Å². The first-order chi connectivity index (χ1) is 6.20. The van der Waals surface area contributed by atoms with E-state index in [0.717, 1.165) is 18.8 Å². The van der Waals surface area contributed by atoms with Crippen molar-refractivity contribution in [2.75, 3.05) is 6.61 Å². The molecule has 0 radical (unpaired) electrons. The van der Waals surface area contributed by atoms with Crippen molar-refractivity contribution in [2.45, 2.75) is 26.3 Å². The Morgan fingerprint density at radius 3 is 2.57 bits per heavy atom. The van der Waals surface area contributed by atoms with E-state index in [1.807, 2.05) is 0 Å². The second-order valence-electron chi connectivity index (χ2n) is 3.69. The molecule has 14 heavy (non-hydrogen) atoms. The number of nitrogens with two attached hydrogens (primary N) is 1. The Bertz CT molecular complexity index is 338. The minimum atomic E-state index is 0. The molecule has 1 heterocycles. The molecule has 1 aliphatic heterocycles. The molecule has 1 aromatic rings. The van der Waals surface area contributed by atoms with Crippen LogP contribution in [0.3, 0.4) is 0 Å². The zero-order valence-electron chi connectivity index (χ0n) is 8.54. The summed E-state index contributed by atoms with van der Waals surface area (Å²) in [5, 5.41) is 0. The van der Waals surface area contributed by atoms with Gasteiger partial charge in [0.1, 0.15) is 5.75 Å². The molecule has 1 atom stereocenters. The van der Waals surface area contributed by atoms with E-state index in [1.165, 1.54) is 16.7 Å². The van der Waals surface area contributed by atoms with Crippen LogP contribution in [0, 0.1) is 13.8 Å². The van der Waals surface area contributed by atoms with E-state index in [2.05, 4.69) is 26.0 Å². The fourth-order valence-electron chi connectivity index (χ4n) is 1.89. The Balaban J connectivity index is 0.000000980. The predicted molar refractivity (Wildman–Crippen MR) is 60.2 cm³/mol. The van der Waals surface area contributed by atoms with Crippen molar-refractivity contribution in [2.24, 2.45) is 5.73 Å². The Kier molecular flexibility index (Phi) is 3.40. The summed E-state index contributed by atoms with van der Waals surface area (Å²) in [5.74, 6) is 1.01. The molecule has 0 spiro atoms. The maximum atomic E-state index is 6.04. The van der Waals surface area contributed by atoms with Crippen molar-refractivity contribution in [3.63, 3.8) is 0 Å². The molecule has 3 heteroatoms. The number of aryl methyl sites for hydroxylation is 2. The number of ether oxygens (including phenoxy) is 1. The zero-order valence-corrected chi connectivity index (χ0v) is 9.36. The highest BCUT2D eigenvalue weighted by Crippen LogP contribution is 2.35. The number of fused-ring (bicyclic) bond motifs is 1. The molecular weight excluding hydrogens is 198 g/mol. The summed E-state index contributed by atoms with van der Waals surface area (Å²) in [7, 11) is 0. The summed E-state index contributed by atoms with van der Waals surface area (Å²) in [6.45, 7) is 4.90. The molecule has 0 bridgehead atoms. The molecule has 0 saturated heterocycles. The lowest BCUT2D eigenvalue weighted by molar-refractivity contribution is 0.266. The summed E-state index contributed by atoms with van der Waals surface area (Å²) in [5.41, 5.74) is 9.67. The van der Waals surface area contributed by atoms with Gasteiger partial charge in [-0.25, -0.2) is 0 Å². The fourth-order valence-corrected chi connectivity index (χ4v) is 1.89. The molecule has 0 aliphatic carbocycles. The third kappa shape index (κ3) is 1.72. The molecule has 2 N–H and O–H groups in total. The van der Waals surface area contributed by atoms with Gasteiger partial charge < -0.3 is 10.5 Å². The standard InChI is InChI=1S/C11H15NO.ClH/c1-7-3-4-8(2)11-10(7)9(12)5-6-13-11;/h3-4,9H,5-6,12H2,1-2H3;1H. The number of benzene rings is 1. The van der Waals surface area contributed by atoms with Crippen molar-refractivity contribution in [3.05, 3.63) is 28.8 Å². The average Bonchev–Trinajstić information content (AvgIpc) is 2.12. The van der Waals surface area contributed by atoms with Gasteiger partial charge in [0.25, 0.3) is 0 Å². The summed E-state index contributed by atoms with van der Waals surface area (Å²) < 4.78 is 5.63. The van der Waals surface area contributed by atoms with E-state index in [0.29, 0.717) is 0 Å². The Morgan fingerprint density at radius 1 is 1.29 bits per heavy atom. The molecule has 1 aromatic carbocycles. The van der Waals surface area contributed by atoms with Gasteiger partial charge in [0.05, 0.1) is 6.61 Å². The molecular formula is C11H16ClNO. The highest BCUT2D eigenvalue weighted by atomic mass is 35.5. The van der Waals surface area contributed by atoms with Crippen LogP contribution in [-0.2, 0) is 0 Å². The minimum absolute atomic E-state index is 0. The lowest BCUT2D eigenvalue weighted by Gasteiger charge is -2.26. The van der Waals surface area contributed by atoms with Gasteiger partial charge in [-0.15, -0.1) is 12.4 Å². The predicted octanol–water partition coefficient (Wildman–Crippen LogP) is 2.51. The largest absolute Gasteiger partial charge is 0.493 e. The van der Waals surface area contributed by atoms with E-state index in [9.17, 15) is 0 Å². The molecule has 2 nitrogen and oxygen atoms in total. The van der Waals surface area contributed by atoms with Gasteiger partial charge in [0.15, 0.2) is 0 Å². The van der Waals surface area contributed by atoms with Gasteiger partial charge in [-0.3, -0.25) is 0 Å². The van der Waals surface area contributed by atoms with Crippen molar-refractivity contribution >= 4 is 12.4 Å². The van der Waals surface area contributed by atoms with Crippen LogP contribution in [-0.4, -0.2) is 6.61 Å². The van der Waals surface area contributed by atoms with E-state index < -0.39 is 0 Å². The average molecular weight is 214 g/mol. The van der Waals surface area contributed by atoms with Crippen molar-refractivity contribution in [1.29, 1.82) is 0 Å². The summed E-state index contributed by atoms with van der Waals surface area (Å²) in [6, 6.07) is 4.36. The number of rotatable bonds is 0. The lowest BCUT2D eigenvalue weighted by Crippen LogP contribution is -2.22. The molecule has 1 unspecified atom stereocenters. The number of hydrogen-bond donors (Lipinski definition) is 1. The van der Waals surface area contributed by atoms with Gasteiger partial charge in [-0.05, 0) is 25.0 Å². The van der Waals surface area contributed by atoms with Crippen LogP contribution in [0.1, 0.15) is 29.2 Å². The Morgan fingerprint density at radius 2 is 1.93 bits per heavy atom. The zero-order chi connectivity index (χ0) is 9.42. The first-order valence-electron chi connectivity index (χ1n) is 4.68. The molecule has 0 amide bonds. The molecule has 0 saturated carbocycles. The van der Waals surface area contributed by atoms with E-state index in [1.54, 1.807) is 0 Å².